The van der Waals surface area contributed by atoms with E-state index in [9.17, 15) is 19.8 Å². The van der Waals surface area contributed by atoms with Gasteiger partial charge in [0.1, 0.15) is 29.1 Å². The monoisotopic (exact) mass is 578 g/mol. The number of esters is 2. The van der Waals surface area contributed by atoms with Crippen LogP contribution < -0.4 is 23.7 Å². The number of aromatic hydroxyl groups is 2. The summed E-state index contributed by atoms with van der Waals surface area (Å²) in [5.74, 6) is 0.230. The molecule has 1 aliphatic rings. The van der Waals surface area contributed by atoms with E-state index < -0.39 is 24.1 Å². The lowest BCUT2D eigenvalue weighted by Crippen LogP contribution is -2.35. The van der Waals surface area contributed by atoms with Crippen LogP contribution in [0.5, 0.6) is 40.2 Å². The molecule has 10 nitrogen and oxygen atoms in total. The van der Waals surface area contributed by atoms with E-state index in [4.69, 9.17) is 28.4 Å². The maximum atomic E-state index is 13.5. The summed E-state index contributed by atoms with van der Waals surface area (Å²) in [6, 6.07) is 10.7. The summed E-state index contributed by atoms with van der Waals surface area (Å²) in [6.45, 7) is 5.21. The lowest BCUT2D eigenvalue weighted by atomic mass is 9.93. The maximum Gasteiger partial charge on any atom is 0.338 e. The van der Waals surface area contributed by atoms with Gasteiger partial charge in [-0.2, -0.15) is 0 Å². The van der Waals surface area contributed by atoms with Crippen molar-refractivity contribution in [3.05, 3.63) is 76.4 Å². The largest absolute Gasteiger partial charge is 0.508 e. The predicted octanol–water partition coefficient (Wildman–Crippen LogP) is 5.46. The summed E-state index contributed by atoms with van der Waals surface area (Å²) in [5.41, 5.74) is 2.87. The molecular formula is C32H34O10. The first kappa shape index (κ1) is 30.1. The molecule has 3 aromatic rings. The molecule has 2 atom stereocenters. The first-order chi connectivity index (χ1) is 20.0. The molecule has 1 heterocycles. The molecule has 2 N–H and O–H groups in total. The van der Waals surface area contributed by atoms with Crippen molar-refractivity contribution in [2.24, 2.45) is 0 Å². The third kappa shape index (κ3) is 6.54. The molecule has 0 bridgehead atoms. The van der Waals surface area contributed by atoms with E-state index in [1.165, 1.54) is 46.5 Å². The van der Waals surface area contributed by atoms with Gasteiger partial charge in [-0.05, 0) is 56.2 Å². The van der Waals surface area contributed by atoms with Gasteiger partial charge in [0.2, 0.25) is 5.75 Å². The number of carbonyl (C=O) groups excluding carboxylic acids is 2. The fourth-order valence-corrected chi connectivity index (χ4v) is 4.74. The van der Waals surface area contributed by atoms with Crippen LogP contribution in [-0.2, 0) is 22.4 Å². The molecule has 1 aliphatic heterocycles. The van der Waals surface area contributed by atoms with E-state index in [0.29, 0.717) is 46.1 Å². The van der Waals surface area contributed by atoms with Crippen LogP contribution in [-0.4, -0.2) is 49.6 Å². The molecule has 0 aromatic heterocycles. The smallest absolute Gasteiger partial charge is 0.338 e. The van der Waals surface area contributed by atoms with Gasteiger partial charge in [-0.25, -0.2) is 4.79 Å². The van der Waals surface area contributed by atoms with Gasteiger partial charge < -0.3 is 38.6 Å². The minimum Gasteiger partial charge on any atom is -0.508 e. The molecule has 0 radical (unpaired) electrons. The van der Waals surface area contributed by atoms with Gasteiger partial charge >= 0.3 is 11.9 Å². The van der Waals surface area contributed by atoms with Crippen LogP contribution in [0.1, 0.15) is 53.9 Å². The average Bonchev–Trinajstić information content (AvgIpc) is 2.95. The number of fused-ring (bicyclic) bond motifs is 1. The van der Waals surface area contributed by atoms with E-state index in [0.717, 1.165) is 5.57 Å². The number of hydrogen-bond acceptors (Lipinski definition) is 10. The molecule has 3 aromatic carbocycles. The Morgan fingerprint density at radius 2 is 1.62 bits per heavy atom. The molecule has 0 saturated heterocycles. The predicted molar refractivity (Wildman–Crippen MR) is 153 cm³/mol. The van der Waals surface area contributed by atoms with Gasteiger partial charge in [0.05, 0.1) is 26.9 Å². The zero-order valence-electron chi connectivity index (χ0n) is 24.3. The van der Waals surface area contributed by atoms with E-state index in [1.807, 2.05) is 19.9 Å². The number of rotatable bonds is 9. The van der Waals surface area contributed by atoms with E-state index >= 15 is 0 Å². The number of benzene rings is 3. The van der Waals surface area contributed by atoms with Crippen molar-refractivity contribution in [1.29, 1.82) is 0 Å². The maximum absolute atomic E-state index is 13.5. The molecule has 0 saturated carbocycles. The highest BCUT2D eigenvalue weighted by Crippen LogP contribution is 2.46. The van der Waals surface area contributed by atoms with Crippen molar-refractivity contribution in [1.82, 2.24) is 0 Å². The van der Waals surface area contributed by atoms with Crippen LogP contribution in [0.15, 0.2) is 54.1 Å². The fraction of sp³-hybridized carbons (Fsp3) is 0.312. The SMILES string of the molecule is COc1cc([C@H]2Oc3cc(O)cc(O)c3C[C@H]2OC(=O)c2ccc(OC(C)=O)c(CC=C(C)C)c2)cc(OC)c1OC. The minimum absolute atomic E-state index is 0.0880. The van der Waals surface area contributed by atoms with Gasteiger partial charge in [-0.3, -0.25) is 4.79 Å². The molecule has 10 heteroatoms. The topological polar surface area (TPSA) is 130 Å². The Morgan fingerprint density at radius 1 is 0.929 bits per heavy atom. The molecule has 222 valence electrons. The minimum atomic E-state index is -0.905. The Bertz CT molecular complexity index is 1490. The highest BCUT2D eigenvalue weighted by Gasteiger charge is 2.37. The molecule has 0 amide bonds. The summed E-state index contributed by atoms with van der Waals surface area (Å²) >= 11 is 0. The highest BCUT2D eigenvalue weighted by molar-refractivity contribution is 5.90. The number of phenolic OH excluding ortho intramolecular Hbond substituents is 2. The molecule has 0 aliphatic carbocycles. The van der Waals surface area contributed by atoms with Gasteiger partial charge in [0.25, 0.3) is 0 Å². The third-order valence-corrected chi connectivity index (χ3v) is 6.72. The summed E-state index contributed by atoms with van der Waals surface area (Å²) in [5, 5.41) is 20.6. The number of carbonyl (C=O) groups is 2. The Morgan fingerprint density at radius 3 is 2.21 bits per heavy atom. The van der Waals surface area contributed by atoms with Crippen LogP contribution in [0.4, 0.5) is 0 Å². The second-order valence-corrected chi connectivity index (χ2v) is 9.99. The Hall–Kier alpha value is -4.86. The zero-order chi connectivity index (χ0) is 30.6. The summed E-state index contributed by atoms with van der Waals surface area (Å²) < 4.78 is 34.0. The number of phenols is 2. The molecule has 0 fully saturated rings. The van der Waals surface area contributed by atoms with Crippen molar-refractivity contribution >= 4 is 11.9 Å². The van der Waals surface area contributed by atoms with Gasteiger partial charge in [-0.1, -0.05) is 11.6 Å². The molecule has 0 unspecified atom stereocenters. The van der Waals surface area contributed by atoms with Crippen molar-refractivity contribution in [3.63, 3.8) is 0 Å². The van der Waals surface area contributed by atoms with Crippen LogP contribution in [0.3, 0.4) is 0 Å². The molecule has 0 spiro atoms. The highest BCUT2D eigenvalue weighted by atomic mass is 16.6. The Labute approximate surface area is 244 Å². The van der Waals surface area contributed by atoms with Crippen LogP contribution >= 0.6 is 0 Å². The van der Waals surface area contributed by atoms with Gasteiger partial charge in [-0.15, -0.1) is 0 Å². The number of hydrogen-bond donors (Lipinski definition) is 2. The van der Waals surface area contributed by atoms with Crippen LogP contribution in [0.25, 0.3) is 0 Å². The van der Waals surface area contributed by atoms with E-state index in [1.54, 1.807) is 24.3 Å². The summed E-state index contributed by atoms with van der Waals surface area (Å²) in [4.78, 5) is 25.2. The first-order valence-electron chi connectivity index (χ1n) is 13.2. The van der Waals surface area contributed by atoms with Crippen molar-refractivity contribution in [2.45, 2.75) is 45.8 Å². The molecule has 42 heavy (non-hydrogen) atoms. The van der Waals surface area contributed by atoms with Crippen LogP contribution in [0.2, 0.25) is 0 Å². The van der Waals surface area contributed by atoms with Crippen molar-refractivity contribution in [2.75, 3.05) is 21.3 Å². The first-order valence-corrected chi connectivity index (χ1v) is 13.2. The summed E-state index contributed by atoms with van der Waals surface area (Å²) in [7, 11) is 4.46. The van der Waals surface area contributed by atoms with E-state index in [2.05, 4.69) is 0 Å². The third-order valence-electron chi connectivity index (χ3n) is 6.72. The lowest BCUT2D eigenvalue weighted by Gasteiger charge is -2.34. The van der Waals surface area contributed by atoms with Crippen molar-refractivity contribution in [3.8, 4) is 40.2 Å². The number of allylic oxidation sites excluding steroid dienone is 2. The van der Waals surface area contributed by atoms with Crippen molar-refractivity contribution < 1.29 is 48.2 Å². The molecule has 4 rings (SSSR count). The average molecular weight is 579 g/mol. The zero-order valence-corrected chi connectivity index (χ0v) is 24.3. The second-order valence-electron chi connectivity index (χ2n) is 9.99. The standard InChI is InChI=1S/C32H34O10/c1-17(2)7-8-19-11-20(9-10-25(19)40-18(3)33)32(36)42-29-16-23-24(35)14-22(34)15-26(23)41-30(29)21-12-27(37-4)31(39-6)28(13-21)38-5/h7,9-15,29-30,34-35H,8,16H2,1-6H3/t29-,30-/m1/s1. The number of ether oxygens (including phenoxy) is 6. The van der Waals surface area contributed by atoms with Crippen LogP contribution in [0, 0.1) is 0 Å². The normalized spacial score (nSPS) is 15.5. The van der Waals surface area contributed by atoms with Gasteiger partial charge in [0, 0.05) is 36.6 Å². The van der Waals surface area contributed by atoms with E-state index in [-0.39, 0.29) is 29.2 Å². The molecular weight excluding hydrogens is 544 g/mol. The summed E-state index contributed by atoms with van der Waals surface area (Å²) in [6.07, 6.45) is 0.712. The Balaban J connectivity index is 1.74. The number of methoxy groups -OCH3 is 3. The Kier molecular flexibility index (Phi) is 9.15. The second kappa shape index (κ2) is 12.8. The lowest BCUT2D eigenvalue weighted by molar-refractivity contribution is -0.131. The fourth-order valence-electron chi connectivity index (χ4n) is 4.74. The van der Waals surface area contributed by atoms with Gasteiger partial charge in [0.15, 0.2) is 17.6 Å². The quantitative estimate of drug-likeness (QED) is 0.192.